The highest BCUT2D eigenvalue weighted by molar-refractivity contribution is 6.29. The summed E-state index contributed by atoms with van der Waals surface area (Å²) in [6, 6.07) is 12.9. The molecule has 0 saturated heterocycles. The van der Waals surface area contributed by atoms with Gasteiger partial charge in [-0.15, -0.1) is 10.2 Å². The number of hydrogen-bond acceptors (Lipinski definition) is 5. The number of nitrogens with zero attached hydrogens (tertiary/aromatic N) is 4. The first kappa shape index (κ1) is 17.7. The molecule has 0 saturated carbocycles. The fraction of sp³-hybridized carbons (Fsp3) is 0.300. The Morgan fingerprint density at radius 2 is 1.93 bits per heavy atom. The standard InChI is InChI=1S/C20H19ClN4O2/c1-20(2)11-10-15-18(19(20)26)14(12-27-13-6-4-3-5-7-13)24-25(15)17-9-8-16(21)22-23-17/h3-9H,10-12H2,1-2H3. The third kappa shape index (κ3) is 3.32. The van der Waals surface area contributed by atoms with E-state index in [2.05, 4.69) is 15.3 Å². The first-order chi connectivity index (χ1) is 13.0. The summed E-state index contributed by atoms with van der Waals surface area (Å²) >= 11 is 5.85. The number of Topliss-reactive ketones (excluding diaryl/α,β-unsaturated/α-hetero) is 1. The van der Waals surface area contributed by atoms with E-state index in [4.69, 9.17) is 16.3 Å². The lowest BCUT2D eigenvalue weighted by atomic mass is 9.74. The number of halogens is 1. The van der Waals surface area contributed by atoms with Gasteiger partial charge in [0.25, 0.3) is 0 Å². The average Bonchev–Trinajstić information content (AvgIpc) is 3.04. The summed E-state index contributed by atoms with van der Waals surface area (Å²) in [5, 5.41) is 13.0. The van der Waals surface area contributed by atoms with E-state index in [1.54, 1.807) is 16.8 Å². The predicted molar refractivity (Wildman–Crippen MR) is 101 cm³/mol. The van der Waals surface area contributed by atoms with Gasteiger partial charge in [-0.3, -0.25) is 4.79 Å². The van der Waals surface area contributed by atoms with Crippen molar-refractivity contribution in [3.8, 4) is 11.6 Å². The first-order valence-corrected chi connectivity index (χ1v) is 9.16. The number of carbonyl (C=O) groups excluding carboxylic acids is 1. The predicted octanol–water partition coefficient (Wildman–Crippen LogP) is 4.05. The van der Waals surface area contributed by atoms with Crippen LogP contribution in [0.4, 0.5) is 0 Å². The number of rotatable bonds is 4. The van der Waals surface area contributed by atoms with Crippen LogP contribution in [0.1, 0.15) is 42.0 Å². The molecule has 7 heteroatoms. The van der Waals surface area contributed by atoms with Gasteiger partial charge in [-0.1, -0.05) is 43.6 Å². The van der Waals surface area contributed by atoms with Gasteiger partial charge < -0.3 is 4.74 Å². The van der Waals surface area contributed by atoms with Crippen LogP contribution in [-0.4, -0.2) is 25.8 Å². The number of carbonyl (C=O) groups is 1. The van der Waals surface area contributed by atoms with E-state index in [1.165, 1.54) is 0 Å². The zero-order chi connectivity index (χ0) is 19.0. The highest BCUT2D eigenvalue weighted by Crippen LogP contribution is 2.37. The molecule has 1 aliphatic carbocycles. The smallest absolute Gasteiger partial charge is 0.176 e. The molecule has 1 aromatic carbocycles. The molecule has 2 aromatic heterocycles. The van der Waals surface area contributed by atoms with Crippen molar-refractivity contribution in [2.45, 2.75) is 33.3 Å². The molecular formula is C20H19ClN4O2. The zero-order valence-corrected chi connectivity index (χ0v) is 15.9. The van der Waals surface area contributed by atoms with Crippen LogP contribution in [0.3, 0.4) is 0 Å². The van der Waals surface area contributed by atoms with Gasteiger partial charge in [0.2, 0.25) is 0 Å². The number of fused-ring (bicyclic) bond motifs is 1. The Labute approximate surface area is 162 Å². The third-order valence-corrected chi connectivity index (χ3v) is 5.04. The summed E-state index contributed by atoms with van der Waals surface area (Å²) < 4.78 is 7.55. The molecular weight excluding hydrogens is 364 g/mol. The molecule has 0 fully saturated rings. The van der Waals surface area contributed by atoms with Crippen LogP contribution in [0, 0.1) is 5.41 Å². The van der Waals surface area contributed by atoms with Crippen LogP contribution in [0.2, 0.25) is 5.15 Å². The zero-order valence-electron chi connectivity index (χ0n) is 15.1. The summed E-state index contributed by atoms with van der Waals surface area (Å²) in [5.74, 6) is 1.35. The van der Waals surface area contributed by atoms with Gasteiger partial charge in [-0.05, 0) is 37.1 Å². The molecule has 0 amide bonds. The Balaban J connectivity index is 1.76. The molecule has 2 heterocycles. The van der Waals surface area contributed by atoms with E-state index in [9.17, 15) is 4.79 Å². The molecule has 0 aliphatic heterocycles. The quantitative estimate of drug-likeness (QED) is 0.680. The Bertz CT molecular complexity index is 981. The molecule has 0 spiro atoms. The highest BCUT2D eigenvalue weighted by Gasteiger charge is 2.39. The summed E-state index contributed by atoms with van der Waals surface area (Å²) in [6.07, 6.45) is 1.49. The molecule has 4 rings (SSSR count). The molecule has 0 atom stereocenters. The van der Waals surface area contributed by atoms with Gasteiger partial charge in [0.05, 0.1) is 11.3 Å². The van der Waals surface area contributed by atoms with Crippen LogP contribution < -0.4 is 4.74 Å². The van der Waals surface area contributed by atoms with Crippen LogP contribution >= 0.6 is 11.6 Å². The average molecular weight is 383 g/mol. The Hall–Kier alpha value is -2.73. The van der Waals surface area contributed by atoms with E-state index < -0.39 is 5.41 Å². The van der Waals surface area contributed by atoms with E-state index in [-0.39, 0.29) is 12.4 Å². The van der Waals surface area contributed by atoms with Gasteiger partial charge in [0, 0.05) is 5.41 Å². The topological polar surface area (TPSA) is 69.9 Å². The molecule has 0 radical (unpaired) electrons. The van der Waals surface area contributed by atoms with Gasteiger partial charge in [-0.2, -0.15) is 5.10 Å². The van der Waals surface area contributed by atoms with Crippen LogP contribution in [0.25, 0.3) is 5.82 Å². The molecule has 27 heavy (non-hydrogen) atoms. The second-order valence-corrected chi connectivity index (χ2v) is 7.60. The largest absolute Gasteiger partial charge is 0.487 e. The third-order valence-electron chi connectivity index (χ3n) is 4.84. The summed E-state index contributed by atoms with van der Waals surface area (Å²) in [7, 11) is 0. The van der Waals surface area contributed by atoms with E-state index in [0.29, 0.717) is 22.2 Å². The van der Waals surface area contributed by atoms with Crippen LogP contribution in [0.15, 0.2) is 42.5 Å². The maximum atomic E-state index is 13.1. The summed E-state index contributed by atoms with van der Waals surface area (Å²) in [5.41, 5.74) is 1.68. The Kier molecular flexibility index (Phi) is 4.44. The number of hydrogen-bond donors (Lipinski definition) is 0. The van der Waals surface area contributed by atoms with Gasteiger partial charge in [-0.25, -0.2) is 4.68 Å². The van der Waals surface area contributed by atoms with Gasteiger partial charge in [0.1, 0.15) is 18.1 Å². The van der Waals surface area contributed by atoms with Crippen molar-refractivity contribution in [2.75, 3.05) is 0 Å². The van der Waals surface area contributed by atoms with Crippen molar-refractivity contribution in [1.29, 1.82) is 0 Å². The van der Waals surface area contributed by atoms with Crippen molar-refractivity contribution in [2.24, 2.45) is 5.41 Å². The normalized spacial score (nSPS) is 15.4. The van der Waals surface area contributed by atoms with Crippen molar-refractivity contribution in [3.63, 3.8) is 0 Å². The lowest BCUT2D eigenvalue weighted by Crippen LogP contribution is -2.31. The number of ketones is 1. The Morgan fingerprint density at radius 3 is 2.63 bits per heavy atom. The molecule has 3 aromatic rings. The Morgan fingerprint density at radius 1 is 1.15 bits per heavy atom. The number of aromatic nitrogens is 4. The molecule has 1 aliphatic rings. The second kappa shape index (κ2) is 6.78. The molecule has 138 valence electrons. The van der Waals surface area contributed by atoms with E-state index in [0.717, 1.165) is 24.3 Å². The maximum Gasteiger partial charge on any atom is 0.176 e. The van der Waals surface area contributed by atoms with Crippen LogP contribution in [-0.2, 0) is 13.0 Å². The van der Waals surface area contributed by atoms with Gasteiger partial charge >= 0.3 is 0 Å². The summed E-state index contributed by atoms with van der Waals surface area (Å²) in [6.45, 7) is 4.15. The van der Waals surface area contributed by atoms with Crippen molar-refractivity contribution in [3.05, 3.63) is 64.6 Å². The molecule has 6 nitrogen and oxygen atoms in total. The monoisotopic (exact) mass is 382 g/mol. The van der Waals surface area contributed by atoms with Crippen molar-refractivity contribution in [1.82, 2.24) is 20.0 Å². The minimum Gasteiger partial charge on any atom is -0.487 e. The fourth-order valence-corrected chi connectivity index (χ4v) is 3.36. The summed E-state index contributed by atoms with van der Waals surface area (Å²) in [4.78, 5) is 13.1. The number of para-hydroxylation sites is 1. The van der Waals surface area contributed by atoms with Crippen LogP contribution in [0.5, 0.6) is 5.75 Å². The maximum absolute atomic E-state index is 13.1. The highest BCUT2D eigenvalue weighted by atomic mass is 35.5. The van der Waals surface area contributed by atoms with E-state index >= 15 is 0 Å². The van der Waals surface area contributed by atoms with Gasteiger partial charge in [0.15, 0.2) is 16.8 Å². The SMILES string of the molecule is CC1(C)CCc2c(c(COc3ccccc3)nn2-c2ccc(Cl)nn2)C1=O. The lowest BCUT2D eigenvalue weighted by molar-refractivity contribution is 0.0807. The molecule has 0 unspecified atom stereocenters. The molecule has 0 bridgehead atoms. The minimum absolute atomic E-state index is 0.0867. The second-order valence-electron chi connectivity index (χ2n) is 7.21. The van der Waals surface area contributed by atoms with E-state index in [1.807, 2.05) is 44.2 Å². The number of benzene rings is 1. The number of ether oxygens (including phenoxy) is 1. The minimum atomic E-state index is -0.423. The molecule has 0 N–H and O–H groups in total. The lowest BCUT2D eigenvalue weighted by Gasteiger charge is -2.28. The van der Waals surface area contributed by atoms with Crippen molar-refractivity contribution >= 4 is 17.4 Å². The first-order valence-electron chi connectivity index (χ1n) is 8.79. The van der Waals surface area contributed by atoms with Crippen molar-refractivity contribution < 1.29 is 9.53 Å². The fourth-order valence-electron chi connectivity index (χ4n) is 3.26.